The Bertz CT molecular complexity index is 383. The first kappa shape index (κ1) is 12.2. The van der Waals surface area contributed by atoms with E-state index in [1.165, 1.54) is 12.1 Å². The maximum atomic E-state index is 13.4. The molecule has 0 spiro atoms. The smallest absolute Gasteiger partial charge is 0.170 e. The van der Waals surface area contributed by atoms with Crippen LogP contribution in [0.5, 0.6) is 5.75 Å². The number of nitrogens with two attached hydrogens (primary N) is 1. The third-order valence-electron chi connectivity index (χ3n) is 1.87. The van der Waals surface area contributed by atoms with E-state index in [0.29, 0.717) is 0 Å². The number of hydrogen-bond acceptors (Lipinski definition) is 3. The average Bonchev–Trinajstić information content (AvgIpc) is 2.30. The van der Waals surface area contributed by atoms with Crippen LogP contribution < -0.4 is 10.5 Å². The number of rotatable bonds is 5. The van der Waals surface area contributed by atoms with Crippen LogP contribution in [0.15, 0.2) is 23.4 Å². The Kier molecular flexibility index (Phi) is 4.50. The quantitative estimate of drug-likeness (QED) is 0.266. The number of nitrogens with zero attached hydrogens (tertiary/aromatic N) is 1. The van der Waals surface area contributed by atoms with Gasteiger partial charge in [-0.1, -0.05) is 5.16 Å². The van der Waals surface area contributed by atoms with Gasteiger partial charge < -0.3 is 15.7 Å². The normalized spacial score (nSPS) is 11.5. The summed E-state index contributed by atoms with van der Waals surface area (Å²) >= 11 is 0. The zero-order valence-corrected chi connectivity index (χ0v) is 8.49. The van der Waals surface area contributed by atoms with Crippen molar-refractivity contribution in [2.45, 2.75) is 6.42 Å². The standard InChI is InChI=1S/C10H12F2N2O2/c11-4-1-5-16-9-3-2-7(6-8(9)12)10(13)14-15/h2-3,6,15H,1,4-5H2,(H2,13,14). The lowest BCUT2D eigenvalue weighted by Crippen LogP contribution is -2.13. The molecule has 88 valence electrons. The van der Waals surface area contributed by atoms with Crippen molar-refractivity contribution in [1.82, 2.24) is 0 Å². The molecule has 1 rings (SSSR count). The van der Waals surface area contributed by atoms with Gasteiger partial charge in [-0.25, -0.2) is 4.39 Å². The lowest BCUT2D eigenvalue weighted by molar-refractivity contribution is 0.277. The van der Waals surface area contributed by atoms with E-state index < -0.39 is 12.5 Å². The summed E-state index contributed by atoms with van der Waals surface area (Å²) in [6.07, 6.45) is 0.210. The molecule has 0 aliphatic carbocycles. The molecule has 3 N–H and O–H groups in total. The van der Waals surface area contributed by atoms with Gasteiger partial charge in [0.05, 0.1) is 13.3 Å². The summed E-state index contributed by atoms with van der Waals surface area (Å²) in [6, 6.07) is 3.88. The van der Waals surface area contributed by atoms with Crippen LogP contribution in [0.1, 0.15) is 12.0 Å². The van der Waals surface area contributed by atoms with Gasteiger partial charge >= 0.3 is 0 Å². The van der Waals surface area contributed by atoms with E-state index in [0.717, 1.165) is 6.07 Å². The molecular formula is C10H12F2N2O2. The summed E-state index contributed by atoms with van der Waals surface area (Å²) in [4.78, 5) is 0. The van der Waals surface area contributed by atoms with E-state index in [2.05, 4.69) is 5.16 Å². The van der Waals surface area contributed by atoms with Gasteiger partial charge in [-0.3, -0.25) is 4.39 Å². The van der Waals surface area contributed by atoms with Crippen LogP contribution in [-0.4, -0.2) is 24.3 Å². The summed E-state index contributed by atoms with van der Waals surface area (Å²) in [6.45, 7) is -0.403. The molecule has 0 saturated heterocycles. The molecule has 0 heterocycles. The lowest BCUT2D eigenvalue weighted by atomic mass is 10.2. The highest BCUT2D eigenvalue weighted by Gasteiger charge is 2.07. The van der Waals surface area contributed by atoms with Gasteiger partial charge in [-0.15, -0.1) is 0 Å². The Morgan fingerprint density at radius 3 is 2.81 bits per heavy atom. The third-order valence-corrected chi connectivity index (χ3v) is 1.87. The van der Waals surface area contributed by atoms with Gasteiger partial charge in [0.2, 0.25) is 0 Å². The first-order chi connectivity index (χ1) is 7.69. The van der Waals surface area contributed by atoms with Gasteiger partial charge in [0.15, 0.2) is 17.4 Å². The molecule has 0 aliphatic heterocycles. The summed E-state index contributed by atoms with van der Waals surface area (Å²) in [5.74, 6) is -0.805. The zero-order chi connectivity index (χ0) is 12.0. The van der Waals surface area contributed by atoms with Crippen molar-refractivity contribution in [2.75, 3.05) is 13.3 Å². The van der Waals surface area contributed by atoms with Gasteiger partial charge in [-0.2, -0.15) is 0 Å². The monoisotopic (exact) mass is 230 g/mol. The predicted octanol–water partition coefficient (Wildman–Crippen LogP) is 1.66. The maximum Gasteiger partial charge on any atom is 0.170 e. The lowest BCUT2D eigenvalue weighted by Gasteiger charge is -2.07. The predicted molar refractivity (Wildman–Crippen MR) is 55.0 cm³/mol. The van der Waals surface area contributed by atoms with E-state index in [-0.39, 0.29) is 30.2 Å². The van der Waals surface area contributed by atoms with Gasteiger partial charge in [0.25, 0.3) is 0 Å². The first-order valence-electron chi connectivity index (χ1n) is 4.65. The summed E-state index contributed by atoms with van der Waals surface area (Å²) in [5, 5.41) is 11.1. The highest BCUT2D eigenvalue weighted by Crippen LogP contribution is 2.18. The summed E-state index contributed by atoms with van der Waals surface area (Å²) < 4.78 is 30.1. The molecule has 0 amide bonds. The van der Waals surface area contributed by atoms with Crippen molar-refractivity contribution in [1.29, 1.82) is 0 Å². The fourth-order valence-electron chi connectivity index (χ4n) is 1.07. The van der Waals surface area contributed by atoms with Gasteiger partial charge in [0, 0.05) is 12.0 Å². The number of oxime groups is 1. The van der Waals surface area contributed by atoms with Crippen LogP contribution in [0.25, 0.3) is 0 Å². The molecule has 6 heteroatoms. The molecule has 0 atom stereocenters. The molecule has 1 aromatic carbocycles. The zero-order valence-electron chi connectivity index (χ0n) is 8.49. The van der Waals surface area contributed by atoms with E-state index in [9.17, 15) is 8.78 Å². The number of benzene rings is 1. The van der Waals surface area contributed by atoms with Gasteiger partial charge in [0.1, 0.15) is 0 Å². The SMILES string of the molecule is N/C(=N/O)c1ccc(OCCCF)c(F)c1. The fourth-order valence-corrected chi connectivity index (χ4v) is 1.07. The van der Waals surface area contributed by atoms with Crippen LogP contribution in [0, 0.1) is 5.82 Å². The van der Waals surface area contributed by atoms with E-state index in [1.807, 2.05) is 0 Å². The molecule has 0 saturated carbocycles. The number of alkyl halides is 1. The Hall–Kier alpha value is -1.85. The van der Waals surface area contributed by atoms with Crippen LogP contribution in [0.2, 0.25) is 0 Å². The van der Waals surface area contributed by atoms with Crippen LogP contribution in [0.3, 0.4) is 0 Å². The van der Waals surface area contributed by atoms with Crippen molar-refractivity contribution < 1.29 is 18.7 Å². The average molecular weight is 230 g/mol. The van der Waals surface area contributed by atoms with Crippen LogP contribution >= 0.6 is 0 Å². The van der Waals surface area contributed by atoms with E-state index in [4.69, 9.17) is 15.7 Å². The first-order valence-corrected chi connectivity index (χ1v) is 4.65. The minimum atomic E-state index is -0.636. The van der Waals surface area contributed by atoms with Crippen molar-refractivity contribution in [3.63, 3.8) is 0 Å². The number of ether oxygens (including phenoxy) is 1. The molecule has 16 heavy (non-hydrogen) atoms. The third kappa shape index (κ3) is 3.08. The minimum Gasteiger partial charge on any atom is -0.490 e. The Balaban J connectivity index is 2.75. The number of amidine groups is 1. The summed E-state index contributed by atoms with van der Waals surface area (Å²) in [7, 11) is 0. The summed E-state index contributed by atoms with van der Waals surface area (Å²) in [5.41, 5.74) is 5.53. The Morgan fingerprint density at radius 2 is 2.25 bits per heavy atom. The molecule has 1 aromatic rings. The second-order valence-electron chi connectivity index (χ2n) is 3.02. The van der Waals surface area contributed by atoms with Crippen molar-refractivity contribution in [3.8, 4) is 5.75 Å². The molecule has 0 fully saturated rings. The number of hydrogen-bond donors (Lipinski definition) is 2. The Morgan fingerprint density at radius 1 is 1.50 bits per heavy atom. The van der Waals surface area contributed by atoms with E-state index >= 15 is 0 Å². The molecule has 4 nitrogen and oxygen atoms in total. The molecule has 0 aromatic heterocycles. The molecule has 0 bridgehead atoms. The maximum absolute atomic E-state index is 13.4. The van der Waals surface area contributed by atoms with Gasteiger partial charge in [-0.05, 0) is 18.2 Å². The molecule has 0 aliphatic rings. The largest absolute Gasteiger partial charge is 0.490 e. The number of halogens is 2. The minimum absolute atomic E-state index is 0.0166. The van der Waals surface area contributed by atoms with Crippen molar-refractivity contribution in [3.05, 3.63) is 29.6 Å². The van der Waals surface area contributed by atoms with Crippen LogP contribution in [-0.2, 0) is 0 Å². The highest BCUT2D eigenvalue weighted by molar-refractivity contribution is 5.97. The molecule has 0 radical (unpaired) electrons. The molecular weight excluding hydrogens is 218 g/mol. The molecule has 0 unspecified atom stereocenters. The topological polar surface area (TPSA) is 67.8 Å². The fraction of sp³-hybridized carbons (Fsp3) is 0.300. The van der Waals surface area contributed by atoms with E-state index in [1.54, 1.807) is 0 Å². The highest BCUT2D eigenvalue weighted by atomic mass is 19.1. The van der Waals surface area contributed by atoms with Crippen molar-refractivity contribution >= 4 is 5.84 Å². The second-order valence-corrected chi connectivity index (χ2v) is 3.02. The Labute approximate surface area is 91.3 Å². The van der Waals surface area contributed by atoms with Crippen LogP contribution in [0.4, 0.5) is 8.78 Å². The second kappa shape index (κ2) is 5.89. The van der Waals surface area contributed by atoms with Crippen molar-refractivity contribution in [2.24, 2.45) is 10.9 Å².